The summed E-state index contributed by atoms with van der Waals surface area (Å²) >= 11 is 0. The minimum absolute atomic E-state index is 0.446. The van der Waals surface area contributed by atoms with Crippen molar-refractivity contribution in [3.63, 3.8) is 0 Å². The summed E-state index contributed by atoms with van der Waals surface area (Å²) in [5, 5.41) is 12.4. The second-order valence-electron chi connectivity index (χ2n) is 5.91. The van der Waals surface area contributed by atoms with E-state index in [9.17, 15) is 4.79 Å². The van der Waals surface area contributed by atoms with E-state index in [-0.39, 0.29) is 0 Å². The molecule has 1 aromatic rings. The van der Waals surface area contributed by atoms with Crippen LogP contribution in [0.2, 0.25) is 0 Å². The third-order valence-electron chi connectivity index (χ3n) is 3.93. The van der Waals surface area contributed by atoms with Gasteiger partial charge in [-0.15, -0.1) is 0 Å². The van der Waals surface area contributed by atoms with E-state index in [1.54, 1.807) is 6.92 Å². The molecule has 0 heterocycles. The molecule has 118 valence electrons. The maximum atomic E-state index is 10.9. The van der Waals surface area contributed by atoms with Crippen LogP contribution >= 0.6 is 0 Å². The third-order valence-corrected chi connectivity index (χ3v) is 3.93. The van der Waals surface area contributed by atoms with Crippen LogP contribution in [0.4, 0.5) is 0 Å². The van der Waals surface area contributed by atoms with E-state index in [1.807, 2.05) is 24.3 Å². The van der Waals surface area contributed by atoms with E-state index in [4.69, 9.17) is 5.11 Å². The fourth-order valence-electron chi connectivity index (χ4n) is 2.01. The number of carbonyl (C=O) groups is 1. The first-order valence-electron chi connectivity index (χ1n) is 7.64. The number of nitrogens with one attached hydrogen (secondary N) is 1. The molecule has 0 bridgehead atoms. The number of carboxylic acids is 1. The van der Waals surface area contributed by atoms with E-state index < -0.39 is 11.9 Å². The highest BCUT2D eigenvalue weighted by atomic mass is 16.4. The second kappa shape index (κ2) is 8.80. The second-order valence-corrected chi connectivity index (χ2v) is 5.91. The van der Waals surface area contributed by atoms with Gasteiger partial charge in [0, 0.05) is 12.6 Å². The molecule has 2 N–H and O–H groups in total. The van der Waals surface area contributed by atoms with Crippen molar-refractivity contribution in [3.05, 3.63) is 35.4 Å². The van der Waals surface area contributed by atoms with Crippen molar-refractivity contribution in [1.82, 2.24) is 10.2 Å². The summed E-state index contributed by atoms with van der Waals surface area (Å²) in [6.07, 6.45) is 1.13. The van der Waals surface area contributed by atoms with E-state index >= 15 is 0 Å². The van der Waals surface area contributed by atoms with Gasteiger partial charge in [0.05, 0.1) is 5.92 Å². The Morgan fingerprint density at radius 2 is 1.86 bits per heavy atom. The molecule has 1 unspecified atom stereocenters. The van der Waals surface area contributed by atoms with Crippen LogP contribution < -0.4 is 5.32 Å². The van der Waals surface area contributed by atoms with Crippen LogP contribution in [-0.2, 0) is 11.3 Å². The largest absolute Gasteiger partial charge is 0.481 e. The van der Waals surface area contributed by atoms with Crippen LogP contribution in [0.25, 0.3) is 0 Å². The summed E-state index contributed by atoms with van der Waals surface area (Å²) in [5.74, 6) is -1.23. The van der Waals surface area contributed by atoms with Gasteiger partial charge < -0.3 is 15.3 Å². The highest BCUT2D eigenvalue weighted by Crippen LogP contribution is 2.15. The average molecular weight is 292 g/mol. The molecule has 4 nitrogen and oxygen atoms in total. The molecule has 0 aliphatic rings. The molecule has 4 heteroatoms. The lowest BCUT2D eigenvalue weighted by Crippen LogP contribution is -2.29. The lowest BCUT2D eigenvalue weighted by Gasteiger charge is -2.20. The van der Waals surface area contributed by atoms with Crippen molar-refractivity contribution in [1.29, 1.82) is 0 Å². The van der Waals surface area contributed by atoms with Crippen molar-refractivity contribution in [3.8, 4) is 0 Å². The van der Waals surface area contributed by atoms with Gasteiger partial charge in [-0.2, -0.15) is 0 Å². The Hall–Kier alpha value is -1.39. The molecule has 0 aliphatic carbocycles. The zero-order valence-corrected chi connectivity index (χ0v) is 13.6. The monoisotopic (exact) mass is 292 g/mol. The summed E-state index contributed by atoms with van der Waals surface area (Å²) in [7, 11) is 2.15. The Kier molecular flexibility index (Phi) is 7.40. The minimum Gasteiger partial charge on any atom is -0.481 e. The number of hydrogen-bond acceptors (Lipinski definition) is 3. The lowest BCUT2D eigenvalue weighted by atomic mass is 10.0. The summed E-state index contributed by atoms with van der Waals surface area (Å²) in [6.45, 7) is 9.03. The fraction of sp³-hybridized carbons (Fsp3) is 0.588. The molecule has 0 aromatic heterocycles. The Morgan fingerprint density at radius 1 is 1.24 bits per heavy atom. The molecule has 1 atom stereocenters. The molecule has 1 rings (SSSR count). The zero-order chi connectivity index (χ0) is 15.8. The van der Waals surface area contributed by atoms with Crippen LogP contribution in [0.15, 0.2) is 24.3 Å². The average Bonchev–Trinajstić information content (AvgIpc) is 2.46. The number of benzene rings is 1. The smallest absolute Gasteiger partial charge is 0.310 e. The molecule has 1 aromatic carbocycles. The first-order chi connectivity index (χ1) is 9.91. The van der Waals surface area contributed by atoms with Crippen molar-refractivity contribution in [2.75, 3.05) is 20.1 Å². The summed E-state index contributed by atoms with van der Waals surface area (Å²) < 4.78 is 0. The maximum Gasteiger partial charge on any atom is 0.310 e. The van der Waals surface area contributed by atoms with Crippen LogP contribution in [0, 0.1) is 0 Å². The summed E-state index contributed by atoms with van der Waals surface area (Å²) in [6, 6.07) is 8.41. The van der Waals surface area contributed by atoms with Crippen LogP contribution in [-0.4, -0.2) is 42.2 Å². The zero-order valence-electron chi connectivity index (χ0n) is 13.6. The van der Waals surface area contributed by atoms with Gasteiger partial charge in [-0.1, -0.05) is 24.3 Å². The number of carboxylic acid groups (broad SMARTS) is 1. The lowest BCUT2D eigenvalue weighted by molar-refractivity contribution is -0.138. The minimum atomic E-state index is -0.782. The van der Waals surface area contributed by atoms with Crippen LogP contribution in [0.5, 0.6) is 0 Å². The Labute approximate surface area is 128 Å². The molecule has 0 spiro atoms. The van der Waals surface area contributed by atoms with E-state index in [0.717, 1.165) is 31.6 Å². The van der Waals surface area contributed by atoms with Crippen molar-refractivity contribution >= 4 is 5.97 Å². The van der Waals surface area contributed by atoms with Crippen LogP contribution in [0.3, 0.4) is 0 Å². The van der Waals surface area contributed by atoms with Gasteiger partial charge in [-0.25, -0.2) is 0 Å². The predicted octanol–water partition coefficient (Wildman–Crippen LogP) is 2.69. The first kappa shape index (κ1) is 17.7. The molecule has 0 radical (unpaired) electrons. The molecular formula is C17H28N2O2. The fourth-order valence-corrected chi connectivity index (χ4v) is 2.01. The molecule has 0 saturated carbocycles. The van der Waals surface area contributed by atoms with E-state index in [1.165, 1.54) is 5.56 Å². The van der Waals surface area contributed by atoms with Crippen molar-refractivity contribution < 1.29 is 9.90 Å². The highest BCUT2D eigenvalue weighted by molar-refractivity contribution is 5.75. The van der Waals surface area contributed by atoms with Gasteiger partial charge in [0.2, 0.25) is 0 Å². The quantitative estimate of drug-likeness (QED) is 0.687. The topological polar surface area (TPSA) is 52.6 Å². The van der Waals surface area contributed by atoms with Crippen molar-refractivity contribution in [2.45, 2.75) is 45.7 Å². The summed E-state index contributed by atoms with van der Waals surface area (Å²) in [4.78, 5) is 13.3. The SMILES string of the molecule is CC(C(=O)O)c1ccc(CNCCCN(C)C(C)C)cc1. The normalized spacial score (nSPS) is 12.9. The molecule has 0 aliphatic heterocycles. The van der Waals surface area contributed by atoms with Crippen LogP contribution in [0.1, 0.15) is 44.2 Å². The first-order valence-corrected chi connectivity index (χ1v) is 7.64. The number of hydrogen-bond donors (Lipinski definition) is 2. The highest BCUT2D eigenvalue weighted by Gasteiger charge is 2.12. The van der Waals surface area contributed by atoms with Crippen molar-refractivity contribution in [2.24, 2.45) is 0 Å². The van der Waals surface area contributed by atoms with Gasteiger partial charge >= 0.3 is 5.97 Å². The van der Waals surface area contributed by atoms with E-state index in [0.29, 0.717) is 6.04 Å². The Balaban J connectivity index is 2.29. The number of aliphatic carboxylic acids is 1. The molecule has 0 saturated heterocycles. The predicted molar refractivity (Wildman–Crippen MR) is 86.6 cm³/mol. The van der Waals surface area contributed by atoms with E-state index in [2.05, 4.69) is 31.1 Å². The molecular weight excluding hydrogens is 264 g/mol. The van der Waals surface area contributed by atoms with Gasteiger partial charge in [-0.3, -0.25) is 4.79 Å². The maximum absolute atomic E-state index is 10.9. The molecule has 0 fully saturated rings. The summed E-state index contributed by atoms with van der Waals surface area (Å²) in [5.41, 5.74) is 2.04. The Bertz CT molecular complexity index is 429. The number of nitrogens with zero attached hydrogens (tertiary/aromatic N) is 1. The third kappa shape index (κ3) is 6.27. The molecule has 0 amide bonds. The standard InChI is InChI=1S/C17H28N2O2/c1-13(2)19(4)11-5-10-18-12-15-6-8-16(9-7-15)14(3)17(20)21/h6-9,13-14,18H,5,10-12H2,1-4H3,(H,20,21). The van der Waals surface area contributed by atoms with Gasteiger partial charge in [0.25, 0.3) is 0 Å². The van der Waals surface area contributed by atoms with Gasteiger partial charge in [-0.05, 0) is 58.5 Å². The molecule has 21 heavy (non-hydrogen) atoms. The Morgan fingerprint density at radius 3 is 2.38 bits per heavy atom. The van der Waals surface area contributed by atoms with Gasteiger partial charge in [0.15, 0.2) is 0 Å². The number of rotatable bonds is 9. The van der Waals surface area contributed by atoms with Gasteiger partial charge in [0.1, 0.15) is 0 Å².